The molecule has 7 heteroatoms. The topological polar surface area (TPSA) is 47.6 Å². The van der Waals surface area contributed by atoms with Gasteiger partial charge in [0.15, 0.2) is 0 Å². The van der Waals surface area contributed by atoms with Crippen LogP contribution in [-0.4, -0.2) is 41.4 Å². The number of hydrogen-bond donors (Lipinski definition) is 3. The van der Waals surface area contributed by atoms with Gasteiger partial charge in [-0.25, -0.2) is 4.79 Å². The number of thiol groups is 1. The molecule has 2 rings (SSSR count). The van der Waals surface area contributed by atoms with Crippen LogP contribution < -0.4 is 15.8 Å². The summed E-state index contributed by atoms with van der Waals surface area (Å²) in [5.41, 5.74) is 6.23. The van der Waals surface area contributed by atoms with E-state index in [-0.39, 0.29) is 10.4 Å². The Labute approximate surface area is 123 Å². The molecule has 0 aromatic heterocycles. The standard InChI is InChI=1S/C12H16N4OS2/c17-11(13-14-12(18)19)16-8-6-15(7-9-16)10-4-2-1-3-5-10/h1-5H,6-9H2,(H,13,17)(H2,14,18,19). The van der Waals surface area contributed by atoms with Gasteiger partial charge in [0.25, 0.3) is 0 Å². The number of para-hydroxylation sites is 1. The first-order valence-electron chi connectivity index (χ1n) is 6.00. The summed E-state index contributed by atoms with van der Waals surface area (Å²) >= 11 is 8.59. The van der Waals surface area contributed by atoms with Gasteiger partial charge in [-0.1, -0.05) is 30.4 Å². The molecule has 0 spiro atoms. The van der Waals surface area contributed by atoms with Gasteiger partial charge >= 0.3 is 6.03 Å². The summed E-state index contributed by atoms with van der Waals surface area (Å²) in [5, 5.41) is 0. The molecule has 19 heavy (non-hydrogen) atoms. The lowest BCUT2D eigenvalue weighted by molar-refractivity contribution is 0.192. The van der Waals surface area contributed by atoms with E-state index in [4.69, 9.17) is 12.2 Å². The molecule has 0 bridgehead atoms. The number of nitrogens with one attached hydrogen (secondary N) is 2. The monoisotopic (exact) mass is 296 g/mol. The zero-order chi connectivity index (χ0) is 13.7. The van der Waals surface area contributed by atoms with E-state index in [1.165, 1.54) is 5.69 Å². The Bertz CT molecular complexity index is 446. The first-order valence-corrected chi connectivity index (χ1v) is 6.86. The Kier molecular flexibility index (Phi) is 4.86. The van der Waals surface area contributed by atoms with Crippen LogP contribution in [0.3, 0.4) is 0 Å². The molecule has 1 aliphatic heterocycles. The summed E-state index contributed by atoms with van der Waals surface area (Å²) in [6, 6.07) is 10.0. The van der Waals surface area contributed by atoms with Crippen LogP contribution >= 0.6 is 24.8 Å². The maximum absolute atomic E-state index is 11.8. The van der Waals surface area contributed by atoms with Gasteiger partial charge in [0, 0.05) is 31.9 Å². The number of thiocarbonyl (C=S) groups is 1. The van der Waals surface area contributed by atoms with E-state index in [2.05, 4.69) is 40.5 Å². The highest BCUT2D eigenvalue weighted by molar-refractivity contribution is 8.11. The highest BCUT2D eigenvalue weighted by Gasteiger charge is 2.20. The van der Waals surface area contributed by atoms with Crippen molar-refractivity contribution in [3.63, 3.8) is 0 Å². The zero-order valence-electron chi connectivity index (χ0n) is 10.4. The van der Waals surface area contributed by atoms with Gasteiger partial charge in [0.1, 0.15) is 4.32 Å². The largest absolute Gasteiger partial charge is 0.368 e. The molecule has 1 saturated heterocycles. The van der Waals surface area contributed by atoms with Crippen molar-refractivity contribution in [3.05, 3.63) is 30.3 Å². The molecule has 0 saturated carbocycles. The first-order chi connectivity index (χ1) is 9.16. The summed E-state index contributed by atoms with van der Waals surface area (Å²) in [5.74, 6) is 0. The average molecular weight is 296 g/mol. The molecule has 1 fully saturated rings. The summed E-state index contributed by atoms with van der Waals surface area (Å²) < 4.78 is 0.247. The Balaban J connectivity index is 1.82. The highest BCUT2D eigenvalue weighted by atomic mass is 32.1. The fourth-order valence-corrected chi connectivity index (χ4v) is 2.10. The van der Waals surface area contributed by atoms with Crippen LogP contribution in [0.1, 0.15) is 0 Å². The Morgan fingerprint density at radius 2 is 1.74 bits per heavy atom. The quantitative estimate of drug-likeness (QED) is 0.414. The van der Waals surface area contributed by atoms with Gasteiger partial charge in [0.2, 0.25) is 0 Å². The van der Waals surface area contributed by atoms with E-state index in [0.29, 0.717) is 13.1 Å². The van der Waals surface area contributed by atoms with E-state index in [1.807, 2.05) is 18.2 Å². The van der Waals surface area contributed by atoms with Crippen molar-refractivity contribution in [2.24, 2.45) is 0 Å². The number of nitrogens with zero attached hydrogens (tertiary/aromatic N) is 2. The van der Waals surface area contributed by atoms with Gasteiger partial charge in [-0.05, 0) is 12.1 Å². The molecule has 0 radical (unpaired) electrons. The van der Waals surface area contributed by atoms with Crippen molar-refractivity contribution < 1.29 is 4.79 Å². The molecule has 1 aromatic rings. The fourth-order valence-electron chi connectivity index (χ4n) is 1.99. The molecule has 102 valence electrons. The first kappa shape index (κ1) is 14.0. The molecule has 0 atom stereocenters. The van der Waals surface area contributed by atoms with Crippen molar-refractivity contribution in [3.8, 4) is 0 Å². The number of anilines is 1. The minimum atomic E-state index is -0.177. The number of piperazine rings is 1. The predicted molar refractivity (Wildman–Crippen MR) is 83.5 cm³/mol. The van der Waals surface area contributed by atoms with Gasteiger partial charge in [-0.2, -0.15) is 0 Å². The molecule has 1 aromatic carbocycles. The highest BCUT2D eigenvalue weighted by Crippen LogP contribution is 2.15. The van der Waals surface area contributed by atoms with Crippen molar-refractivity contribution in [2.75, 3.05) is 31.1 Å². The predicted octanol–water partition coefficient (Wildman–Crippen LogP) is 1.24. The fraction of sp³-hybridized carbons (Fsp3) is 0.333. The molecule has 5 nitrogen and oxygen atoms in total. The Morgan fingerprint density at radius 1 is 1.11 bits per heavy atom. The number of hydrogen-bond acceptors (Lipinski definition) is 3. The lowest BCUT2D eigenvalue weighted by Gasteiger charge is -2.36. The van der Waals surface area contributed by atoms with Gasteiger partial charge in [-0.15, -0.1) is 12.6 Å². The number of carbonyl (C=O) groups is 1. The SMILES string of the molecule is O=C(NNC(=S)S)N1CCN(c2ccccc2)CC1. The van der Waals surface area contributed by atoms with Gasteiger partial charge in [0.05, 0.1) is 0 Å². The van der Waals surface area contributed by atoms with Gasteiger partial charge in [-0.3, -0.25) is 10.9 Å². The van der Waals surface area contributed by atoms with E-state index in [1.54, 1.807) is 4.90 Å². The number of hydrazine groups is 1. The second kappa shape index (κ2) is 6.63. The zero-order valence-corrected chi connectivity index (χ0v) is 12.1. The lowest BCUT2D eigenvalue weighted by atomic mass is 10.2. The Morgan fingerprint density at radius 3 is 2.32 bits per heavy atom. The minimum absolute atomic E-state index is 0.177. The maximum Gasteiger partial charge on any atom is 0.336 e. The van der Waals surface area contributed by atoms with E-state index >= 15 is 0 Å². The molecule has 2 amide bonds. The lowest BCUT2D eigenvalue weighted by Crippen LogP contribution is -2.54. The second-order valence-electron chi connectivity index (χ2n) is 4.17. The normalized spacial score (nSPS) is 15.0. The number of amides is 2. The molecular formula is C12H16N4OS2. The smallest absolute Gasteiger partial charge is 0.336 e. The van der Waals surface area contributed by atoms with Crippen LogP contribution in [-0.2, 0) is 0 Å². The van der Waals surface area contributed by atoms with E-state index in [9.17, 15) is 4.79 Å². The minimum Gasteiger partial charge on any atom is -0.368 e. The number of benzene rings is 1. The summed E-state index contributed by atoms with van der Waals surface area (Å²) in [6.45, 7) is 3.01. The van der Waals surface area contributed by atoms with Crippen LogP contribution in [0.15, 0.2) is 30.3 Å². The summed E-state index contributed by atoms with van der Waals surface area (Å²) in [7, 11) is 0. The number of carbonyl (C=O) groups excluding carboxylic acids is 1. The van der Waals surface area contributed by atoms with Crippen LogP contribution in [0.25, 0.3) is 0 Å². The second-order valence-corrected chi connectivity index (χ2v) is 5.33. The number of rotatable bonds is 1. The van der Waals surface area contributed by atoms with Crippen molar-refractivity contribution in [1.82, 2.24) is 15.8 Å². The number of urea groups is 1. The van der Waals surface area contributed by atoms with Crippen molar-refractivity contribution in [1.29, 1.82) is 0 Å². The van der Waals surface area contributed by atoms with Gasteiger partial charge < -0.3 is 9.80 Å². The third-order valence-electron chi connectivity index (χ3n) is 2.96. The van der Waals surface area contributed by atoms with Crippen LogP contribution in [0.5, 0.6) is 0 Å². The summed E-state index contributed by atoms with van der Waals surface area (Å²) in [4.78, 5) is 15.8. The van der Waals surface area contributed by atoms with Crippen LogP contribution in [0.2, 0.25) is 0 Å². The average Bonchev–Trinajstić information content (AvgIpc) is 2.46. The van der Waals surface area contributed by atoms with E-state index < -0.39 is 0 Å². The molecule has 1 aliphatic rings. The maximum atomic E-state index is 11.8. The van der Waals surface area contributed by atoms with Crippen molar-refractivity contribution >= 4 is 40.9 Å². The molecule has 0 aliphatic carbocycles. The third-order valence-corrected chi connectivity index (χ3v) is 3.18. The molecular weight excluding hydrogens is 280 g/mol. The van der Waals surface area contributed by atoms with Crippen LogP contribution in [0.4, 0.5) is 10.5 Å². The van der Waals surface area contributed by atoms with Crippen molar-refractivity contribution in [2.45, 2.75) is 0 Å². The summed E-state index contributed by atoms with van der Waals surface area (Å²) in [6.07, 6.45) is 0. The van der Waals surface area contributed by atoms with Crippen LogP contribution in [0, 0.1) is 0 Å². The molecule has 0 unspecified atom stereocenters. The van der Waals surface area contributed by atoms with E-state index in [0.717, 1.165) is 13.1 Å². The Hall–Kier alpha value is -1.47. The molecule has 2 N–H and O–H groups in total. The third kappa shape index (κ3) is 4.00. The molecule has 1 heterocycles.